The molecule has 1 fully saturated rings. The van der Waals surface area contributed by atoms with Crippen LogP contribution < -0.4 is 4.90 Å². The largest absolute Gasteiger partial charge is 0.348 e. The second-order valence-corrected chi connectivity index (χ2v) is 6.49. The zero-order valence-electron chi connectivity index (χ0n) is 12.6. The monoisotopic (exact) mass is 361 g/mol. The van der Waals surface area contributed by atoms with E-state index in [9.17, 15) is 4.79 Å². The molecule has 3 rings (SSSR count). The summed E-state index contributed by atoms with van der Waals surface area (Å²) in [5.41, 5.74) is 2.14. The average molecular weight is 362 g/mol. The van der Waals surface area contributed by atoms with Crippen molar-refractivity contribution in [1.82, 2.24) is 4.90 Å². The lowest BCUT2D eigenvalue weighted by Gasteiger charge is -2.23. The Hall–Kier alpha value is -0.910. The van der Waals surface area contributed by atoms with E-state index in [1.165, 1.54) is 10.7 Å². The molecule has 7 heteroatoms. The van der Waals surface area contributed by atoms with Crippen molar-refractivity contribution >= 4 is 53.8 Å². The zero-order chi connectivity index (χ0) is 14.1. The predicted octanol–water partition coefficient (Wildman–Crippen LogP) is 3.36. The zero-order valence-corrected chi connectivity index (χ0v) is 15.1. The summed E-state index contributed by atoms with van der Waals surface area (Å²) in [5, 5.41) is 1.18. The van der Waals surface area contributed by atoms with Crippen LogP contribution >= 0.6 is 36.6 Å². The van der Waals surface area contributed by atoms with Crippen LogP contribution in [0.1, 0.15) is 25.5 Å². The molecule has 2 heterocycles. The molecule has 2 aliphatic rings. The van der Waals surface area contributed by atoms with E-state index in [1.54, 1.807) is 4.90 Å². The molecular weight excluding hydrogens is 341 g/mol. The smallest absolute Gasteiger partial charge is 0.214 e. The molecule has 0 saturated carbocycles. The van der Waals surface area contributed by atoms with Crippen LogP contribution in [0.5, 0.6) is 0 Å². The first kappa shape index (κ1) is 19.1. The molecule has 0 N–H and O–H groups in total. The second kappa shape index (κ2) is 8.09. The Bertz CT molecular complexity index is 553. The van der Waals surface area contributed by atoms with E-state index >= 15 is 0 Å². The number of rotatable bonds is 4. The molecule has 1 unspecified atom stereocenters. The van der Waals surface area contributed by atoms with Crippen molar-refractivity contribution in [2.24, 2.45) is 4.99 Å². The van der Waals surface area contributed by atoms with E-state index in [-0.39, 0.29) is 36.9 Å². The highest BCUT2D eigenvalue weighted by Gasteiger charge is 2.30. The highest BCUT2D eigenvalue weighted by molar-refractivity contribution is 8.14. The lowest BCUT2D eigenvalue weighted by Crippen LogP contribution is -2.29. The van der Waals surface area contributed by atoms with Crippen LogP contribution in [0, 0.1) is 0 Å². The minimum absolute atomic E-state index is 0. The minimum atomic E-state index is 0. The van der Waals surface area contributed by atoms with Gasteiger partial charge in [-0.15, -0.1) is 24.8 Å². The van der Waals surface area contributed by atoms with Crippen LogP contribution in [0.4, 0.5) is 5.69 Å². The topological polar surface area (TPSA) is 35.9 Å². The third kappa shape index (κ3) is 3.70. The molecule has 1 saturated heterocycles. The lowest BCUT2D eigenvalue weighted by atomic mass is 10.1. The second-order valence-electron chi connectivity index (χ2n) is 5.42. The van der Waals surface area contributed by atoms with Gasteiger partial charge < -0.3 is 9.80 Å². The Balaban J connectivity index is 0.00000121. The number of hydrogen-bond donors (Lipinski definition) is 0. The number of benzene rings is 1. The van der Waals surface area contributed by atoms with Crippen molar-refractivity contribution in [1.29, 1.82) is 0 Å². The first-order valence-corrected chi connectivity index (χ1v) is 7.96. The maximum absolute atomic E-state index is 11.2. The van der Waals surface area contributed by atoms with Crippen LogP contribution in [-0.4, -0.2) is 41.4 Å². The van der Waals surface area contributed by atoms with Crippen molar-refractivity contribution < 1.29 is 4.79 Å². The van der Waals surface area contributed by atoms with E-state index in [0.717, 1.165) is 30.9 Å². The first-order valence-electron chi connectivity index (χ1n) is 6.98. The molecule has 0 aliphatic carbocycles. The Morgan fingerprint density at radius 2 is 2.18 bits per heavy atom. The van der Waals surface area contributed by atoms with Crippen molar-refractivity contribution in [2.75, 3.05) is 23.7 Å². The summed E-state index contributed by atoms with van der Waals surface area (Å²) in [7, 11) is 0. The van der Waals surface area contributed by atoms with E-state index in [1.807, 2.05) is 37.7 Å². The summed E-state index contributed by atoms with van der Waals surface area (Å²) < 4.78 is 0. The van der Waals surface area contributed by atoms with Crippen molar-refractivity contribution in [3.63, 3.8) is 0 Å². The molecule has 2 aliphatic heterocycles. The molecule has 22 heavy (non-hydrogen) atoms. The number of hydrogen-bond acceptors (Lipinski definition) is 4. The Morgan fingerprint density at radius 1 is 1.41 bits per heavy atom. The average Bonchev–Trinajstić information content (AvgIpc) is 3.00. The van der Waals surface area contributed by atoms with Crippen molar-refractivity contribution in [2.45, 2.75) is 25.9 Å². The molecule has 4 nitrogen and oxygen atoms in total. The van der Waals surface area contributed by atoms with Crippen LogP contribution in [0.15, 0.2) is 29.3 Å². The number of amidine groups is 1. The number of aliphatic imine (C=N–C) groups is 1. The van der Waals surface area contributed by atoms with Gasteiger partial charge in [-0.25, -0.2) is 0 Å². The Morgan fingerprint density at radius 3 is 2.82 bits per heavy atom. The number of thioether (sulfide) groups is 1. The van der Waals surface area contributed by atoms with Crippen LogP contribution in [0.3, 0.4) is 0 Å². The number of halogens is 2. The summed E-state index contributed by atoms with van der Waals surface area (Å²) >= 11 is 1.84. The Kier molecular flexibility index (Phi) is 7.03. The standard InChI is InChI=1S/C15H19N3OS.2ClH/c1-11(2)18(10-19)13-5-3-4-12(8-13)14-9-17-6-7-20-15(17)16-14;;/h3-5,8,10-11,14H,6-7,9H2,1-2H3;2*1H. The maximum atomic E-state index is 11.2. The molecule has 0 bridgehead atoms. The van der Waals surface area contributed by atoms with Gasteiger partial charge in [-0.2, -0.15) is 0 Å². The van der Waals surface area contributed by atoms with Gasteiger partial charge >= 0.3 is 0 Å². The van der Waals surface area contributed by atoms with Crippen molar-refractivity contribution in [3.05, 3.63) is 29.8 Å². The number of amides is 1. The summed E-state index contributed by atoms with van der Waals surface area (Å²) in [6.45, 7) is 6.11. The lowest BCUT2D eigenvalue weighted by molar-refractivity contribution is -0.107. The summed E-state index contributed by atoms with van der Waals surface area (Å²) in [6.07, 6.45) is 0.901. The predicted molar refractivity (Wildman–Crippen MR) is 98.8 cm³/mol. The molecule has 1 amide bonds. The quantitative estimate of drug-likeness (QED) is 0.771. The normalized spacial score (nSPS) is 19.1. The number of carbonyl (C=O) groups excluding carboxylic acids is 1. The van der Waals surface area contributed by atoms with Gasteiger partial charge in [0.25, 0.3) is 0 Å². The minimum Gasteiger partial charge on any atom is -0.348 e. The van der Waals surface area contributed by atoms with Crippen LogP contribution in [-0.2, 0) is 4.79 Å². The van der Waals surface area contributed by atoms with Gasteiger partial charge in [0.15, 0.2) is 5.17 Å². The van der Waals surface area contributed by atoms with E-state index < -0.39 is 0 Å². The fraction of sp³-hybridized carbons (Fsp3) is 0.467. The maximum Gasteiger partial charge on any atom is 0.214 e. The van der Waals surface area contributed by atoms with Crippen LogP contribution in [0.2, 0.25) is 0 Å². The Labute approximate surface area is 148 Å². The molecular formula is C15H21Cl2N3OS. The number of anilines is 1. The fourth-order valence-corrected chi connectivity index (χ4v) is 3.70. The van der Waals surface area contributed by atoms with Gasteiger partial charge in [0.1, 0.15) is 0 Å². The van der Waals surface area contributed by atoms with Gasteiger partial charge in [0.2, 0.25) is 6.41 Å². The van der Waals surface area contributed by atoms with Crippen LogP contribution in [0.25, 0.3) is 0 Å². The van der Waals surface area contributed by atoms with Gasteiger partial charge in [-0.05, 0) is 31.5 Å². The molecule has 1 aromatic rings. The SMILES string of the molecule is CC(C)N(C=O)c1cccc(C2CN3CCSC3=N2)c1.Cl.Cl. The fourth-order valence-electron chi connectivity index (χ4n) is 2.66. The number of nitrogens with zero attached hydrogens (tertiary/aromatic N) is 3. The molecule has 0 spiro atoms. The highest BCUT2D eigenvalue weighted by atomic mass is 35.5. The van der Waals surface area contributed by atoms with Gasteiger partial charge in [0, 0.05) is 30.6 Å². The highest BCUT2D eigenvalue weighted by Crippen LogP contribution is 2.33. The third-order valence-corrected chi connectivity index (χ3v) is 4.75. The van der Waals surface area contributed by atoms with E-state index in [2.05, 4.69) is 17.0 Å². The van der Waals surface area contributed by atoms with Gasteiger partial charge in [-0.1, -0.05) is 23.9 Å². The summed E-state index contributed by atoms with van der Waals surface area (Å²) in [5.74, 6) is 1.15. The third-order valence-electron chi connectivity index (χ3n) is 3.75. The summed E-state index contributed by atoms with van der Waals surface area (Å²) in [6, 6.07) is 8.57. The molecule has 1 atom stereocenters. The van der Waals surface area contributed by atoms with Gasteiger partial charge in [-0.3, -0.25) is 9.79 Å². The van der Waals surface area contributed by atoms with E-state index in [4.69, 9.17) is 4.99 Å². The number of carbonyl (C=O) groups is 1. The molecule has 0 radical (unpaired) electrons. The summed E-state index contributed by atoms with van der Waals surface area (Å²) in [4.78, 5) is 20.1. The van der Waals surface area contributed by atoms with Gasteiger partial charge in [0.05, 0.1) is 6.04 Å². The first-order chi connectivity index (χ1) is 9.69. The van der Waals surface area contributed by atoms with E-state index in [0.29, 0.717) is 0 Å². The molecule has 0 aromatic heterocycles. The molecule has 122 valence electrons. The van der Waals surface area contributed by atoms with Crippen molar-refractivity contribution in [3.8, 4) is 0 Å². The molecule has 1 aromatic carbocycles. The number of fused-ring (bicyclic) bond motifs is 1.